The van der Waals surface area contributed by atoms with Crippen LogP contribution in [0.25, 0.3) is 0 Å². The summed E-state index contributed by atoms with van der Waals surface area (Å²) in [6.45, 7) is 0.325. The molecular weight excluding hydrogens is 288 g/mol. The Hall–Kier alpha value is -0.340. The van der Waals surface area contributed by atoms with E-state index in [0.717, 1.165) is 6.42 Å². The van der Waals surface area contributed by atoms with E-state index in [1.807, 2.05) is 6.07 Å². The Kier molecular flexibility index (Phi) is 5.71. The van der Waals surface area contributed by atoms with Crippen molar-refractivity contribution in [2.75, 3.05) is 6.61 Å². The fraction of sp³-hybridized carbons (Fsp3) is 0.625. The van der Waals surface area contributed by atoms with Crippen molar-refractivity contribution in [2.24, 2.45) is 11.8 Å². The second-order valence-electron chi connectivity index (χ2n) is 5.49. The van der Waals surface area contributed by atoms with E-state index in [1.54, 1.807) is 0 Å². The molecule has 0 heterocycles. The molecule has 1 aliphatic carbocycles. The molecule has 2 rings (SSSR count). The summed E-state index contributed by atoms with van der Waals surface area (Å²) < 4.78 is 1.18. The maximum absolute atomic E-state index is 9.71. The molecule has 1 nitrogen and oxygen atoms in total. The normalized spacial score (nSPS) is 19.4. The van der Waals surface area contributed by atoms with E-state index in [4.69, 9.17) is 0 Å². The highest BCUT2D eigenvalue weighted by molar-refractivity contribution is 9.10. The van der Waals surface area contributed by atoms with Crippen molar-refractivity contribution in [3.8, 4) is 0 Å². The number of halogens is 1. The molecule has 1 N–H and O–H groups in total. The Labute approximate surface area is 119 Å². The Morgan fingerprint density at radius 1 is 1.11 bits per heavy atom. The Bertz CT molecular complexity index is 356. The highest BCUT2D eigenvalue weighted by atomic mass is 79.9. The van der Waals surface area contributed by atoms with E-state index in [2.05, 4.69) is 34.1 Å². The van der Waals surface area contributed by atoms with Crippen LogP contribution in [0.4, 0.5) is 0 Å². The third kappa shape index (κ3) is 3.83. The van der Waals surface area contributed by atoms with Crippen LogP contribution < -0.4 is 0 Å². The van der Waals surface area contributed by atoms with Gasteiger partial charge in [-0.3, -0.25) is 0 Å². The number of aliphatic hydroxyl groups is 1. The quantitative estimate of drug-likeness (QED) is 0.808. The van der Waals surface area contributed by atoms with E-state index < -0.39 is 0 Å². The zero-order valence-electron chi connectivity index (χ0n) is 10.9. The predicted molar refractivity (Wildman–Crippen MR) is 79.6 cm³/mol. The average molecular weight is 311 g/mol. The molecule has 1 saturated carbocycles. The molecule has 1 aliphatic rings. The fourth-order valence-corrected chi connectivity index (χ4v) is 3.56. The molecule has 0 radical (unpaired) electrons. The molecule has 100 valence electrons. The van der Waals surface area contributed by atoms with Gasteiger partial charge in [0.2, 0.25) is 0 Å². The third-order valence-corrected chi connectivity index (χ3v) is 5.01. The SMILES string of the molecule is OCC(Cc1ccccc1Br)C1CCCCCC1. The standard InChI is InChI=1S/C16H23BrO/c17-16-10-6-5-9-14(16)11-15(12-18)13-7-3-1-2-4-8-13/h5-6,9-10,13,15,18H,1-4,7-8,11-12H2. The first kappa shape index (κ1) is 14.1. The lowest BCUT2D eigenvalue weighted by molar-refractivity contribution is 0.163. The van der Waals surface area contributed by atoms with Crippen LogP contribution >= 0.6 is 15.9 Å². The third-order valence-electron chi connectivity index (χ3n) is 4.24. The molecule has 0 spiro atoms. The summed E-state index contributed by atoms with van der Waals surface area (Å²) in [5.74, 6) is 1.14. The number of hydrogen-bond acceptors (Lipinski definition) is 1. The van der Waals surface area contributed by atoms with Gasteiger partial charge < -0.3 is 5.11 Å². The van der Waals surface area contributed by atoms with Crippen molar-refractivity contribution in [2.45, 2.75) is 44.9 Å². The van der Waals surface area contributed by atoms with Crippen molar-refractivity contribution in [1.29, 1.82) is 0 Å². The molecule has 0 amide bonds. The number of benzene rings is 1. The van der Waals surface area contributed by atoms with Crippen molar-refractivity contribution in [1.82, 2.24) is 0 Å². The largest absolute Gasteiger partial charge is 0.396 e. The number of aliphatic hydroxyl groups excluding tert-OH is 1. The molecule has 2 heteroatoms. The predicted octanol–water partition coefficient (Wildman–Crippen LogP) is 4.57. The zero-order valence-corrected chi connectivity index (χ0v) is 12.5. The number of rotatable bonds is 4. The van der Waals surface area contributed by atoms with Crippen LogP contribution in [0, 0.1) is 11.8 Å². The smallest absolute Gasteiger partial charge is 0.0465 e. The van der Waals surface area contributed by atoms with Gasteiger partial charge in [0.15, 0.2) is 0 Å². The van der Waals surface area contributed by atoms with Crippen molar-refractivity contribution in [3.05, 3.63) is 34.3 Å². The molecule has 1 aromatic rings. The van der Waals surface area contributed by atoms with Gasteiger partial charge in [-0.15, -0.1) is 0 Å². The van der Waals surface area contributed by atoms with Gasteiger partial charge in [-0.25, -0.2) is 0 Å². The van der Waals surface area contributed by atoms with Crippen LogP contribution in [0.3, 0.4) is 0 Å². The monoisotopic (exact) mass is 310 g/mol. The highest BCUT2D eigenvalue weighted by Gasteiger charge is 2.22. The molecule has 0 aromatic heterocycles. The minimum absolute atomic E-state index is 0.325. The van der Waals surface area contributed by atoms with Gasteiger partial charge >= 0.3 is 0 Å². The first-order valence-corrected chi connectivity index (χ1v) is 7.95. The number of hydrogen-bond donors (Lipinski definition) is 1. The van der Waals surface area contributed by atoms with Crippen molar-refractivity contribution < 1.29 is 5.11 Å². The minimum atomic E-state index is 0.325. The molecule has 0 saturated heterocycles. The second kappa shape index (κ2) is 7.30. The Balaban J connectivity index is 2.02. The maximum atomic E-state index is 9.71. The summed E-state index contributed by atoms with van der Waals surface area (Å²) in [6.07, 6.45) is 9.05. The molecule has 18 heavy (non-hydrogen) atoms. The first-order valence-electron chi connectivity index (χ1n) is 7.15. The van der Waals surface area contributed by atoms with Gasteiger partial charge in [-0.05, 0) is 29.9 Å². The summed E-state index contributed by atoms with van der Waals surface area (Å²) in [5, 5.41) is 9.71. The topological polar surface area (TPSA) is 20.2 Å². The van der Waals surface area contributed by atoms with E-state index in [9.17, 15) is 5.11 Å². The average Bonchev–Trinajstić information content (AvgIpc) is 2.67. The van der Waals surface area contributed by atoms with Crippen molar-refractivity contribution in [3.63, 3.8) is 0 Å². The summed E-state index contributed by atoms with van der Waals surface area (Å²) in [7, 11) is 0. The summed E-state index contributed by atoms with van der Waals surface area (Å²) in [5.41, 5.74) is 1.33. The summed E-state index contributed by atoms with van der Waals surface area (Å²) in [4.78, 5) is 0. The van der Waals surface area contributed by atoms with Crippen LogP contribution in [-0.2, 0) is 6.42 Å². The van der Waals surface area contributed by atoms with Gasteiger partial charge in [-0.2, -0.15) is 0 Å². The van der Waals surface area contributed by atoms with Gasteiger partial charge in [0.05, 0.1) is 0 Å². The Morgan fingerprint density at radius 3 is 2.39 bits per heavy atom. The Morgan fingerprint density at radius 2 is 1.78 bits per heavy atom. The van der Waals surface area contributed by atoms with Gasteiger partial charge in [0, 0.05) is 11.1 Å². The van der Waals surface area contributed by atoms with Crippen molar-refractivity contribution >= 4 is 15.9 Å². The van der Waals surface area contributed by atoms with E-state index in [1.165, 1.54) is 48.6 Å². The van der Waals surface area contributed by atoms with E-state index >= 15 is 0 Å². The molecule has 0 aliphatic heterocycles. The molecule has 1 unspecified atom stereocenters. The maximum Gasteiger partial charge on any atom is 0.0465 e. The van der Waals surface area contributed by atoms with Crippen LogP contribution in [0.15, 0.2) is 28.7 Å². The molecule has 0 bridgehead atoms. The van der Waals surface area contributed by atoms with Crippen LogP contribution in [-0.4, -0.2) is 11.7 Å². The molecule has 1 fully saturated rings. The van der Waals surface area contributed by atoms with Crippen LogP contribution in [0.1, 0.15) is 44.1 Å². The zero-order chi connectivity index (χ0) is 12.8. The first-order chi connectivity index (χ1) is 8.81. The van der Waals surface area contributed by atoms with E-state index in [-0.39, 0.29) is 0 Å². The highest BCUT2D eigenvalue weighted by Crippen LogP contribution is 2.32. The molecule has 1 atom stereocenters. The lowest BCUT2D eigenvalue weighted by Gasteiger charge is -2.24. The lowest BCUT2D eigenvalue weighted by Crippen LogP contribution is -2.21. The summed E-state index contributed by atoms with van der Waals surface area (Å²) >= 11 is 3.61. The minimum Gasteiger partial charge on any atom is -0.396 e. The van der Waals surface area contributed by atoms with Gasteiger partial charge in [0.25, 0.3) is 0 Å². The van der Waals surface area contributed by atoms with E-state index in [0.29, 0.717) is 18.4 Å². The van der Waals surface area contributed by atoms with Crippen LogP contribution in [0.5, 0.6) is 0 Å². The molecular formula is C16H23BrO. The lowest BCUT2D eigenvalue weighted by atomic mass is 9.82. The molecule has 1 aromatic carbocycles. The van der Waals surface area contributed by atoms with Crippen LogP contribution in [0.2, 0.25) is 0 Å². The summed E-state index contributed by atoms with van der Waals surface area (Å²) in [6, 6.07) is 8.40. The second-order valence-corrected chi connectivity index (χ2v) is 6.34. The van der Waals surface area contributed by atoms with Gasteiger partial charge in [0.1, 0.15) is 0 Å². The fourth-order valence-electron chi connectivity index (χ4n) is 3.11. The van der Waals surface area contributed by atoms with Gasteiger partial charge in [-0.1, -0.05) is 72.7 Å².